The van der Waals surface area contributed by atoms with E-state index in [0.717, 1.165) is 38.8 Å². The van der Waals surface area contributed by atoms with Gasteiger partial charge in [0, 0.05) is 5.56 Å². The van der Waals surface area contributed by atoms with Crippen LogP contribution in [-0.2, 0) is 4.79 Å². The van der Waals surface area contributed by atoms with Crippen LogP contribution in [0.3, 0.4) is 0 Å². The molecular formula is C23H24N2O3. The molecule has 0 atom stereocenters. The normalized spacial score (nSPS) is 11.0. The van der Waals surface area contributed by atoms with Crippen molar-refractivity contribution in [3.8, 4) is 11.5 Å². The molecular weight excluding hydrogens is 352 g/mol. The second-order valence-electron chi connectivity index (χ2n) is 6.64. The lowest BCUT2D eigenvalue weighted by molar-refractivity contribution is -0.123. The number of ether oxygens (including phenoxy) is 2. The van der Waals surface area contributed by atoms with E-state index in [1.807, 2.05) is 69.3 Å². The molecule has 1 N–H and O–H groups in total. The smallest absolute Gasteiger partial charge is 0.277 e. The van der Waals surface area contributed by atoms with Gasteiger partial charge in [0.05, 0.1) is 13.3 Å². The molecule has 0 fully saturated rings. The number of rotatable bonds is 6. The van der Waals surface area contributed by atoms with Crippen molar-refractivity contribution in [3.05, 3.63) is 70.8 Å². The average molecular weight is 376 g/mol. The van der Waals surface area contributed by atoms with Crippen molar-refractivity contribution in [1.82, 2.24) is 5.43 Å². The first-order valence-corrected chi connectivity index (χ1v) is 9.08. The molecule has 0 unspecified atom stereocenters. The predicted octanol–water partition coefficient (Wildman–Crippen LogP) is 4.30. The Morgan fingerprint density at radius 2 is 1.79 bits per heavy atom. The SMILES string of the molecule is COc1ccc2ccccc2c1/C=N/NC(=O)COc1c(C)ccc(C)c1C. The lowest BCUT2D eigenvalue weighted by atomic mass is 10.0. The summed E-state index contributed by atoms with van der Waals surface area (Å²) in [6, 6.07) is 15.9. The van der Waals surface area contributed by atoms with Crippen molar-refractivity contribution >= 4 is 22.9 Å². The highest BCUT2D eigenvalue weighted by atomic mass is 16.5. The van der Waals surface area contributed by atoms with Crippen LogP contribution in [-0.4, -0.2) is 25.8 Å². The Labute approximate surface area is 165 Å². The van der Waals surface area contributed by atoms with Gasteiger partial charge in [-0.05, 0) is 54.3 Å². The van der Waals surface area contributed by atoms with E-state index in [2.05, 4.69) is 10.5 Å². The van der Waals surface area contributed by atoms with Crippen molar-refractivity contribution in [2.24, 2.45) is 5.10 Å². The first-order valence-electron chi connectivity index (χ1n) is 9.08. The minimum atomic E-state index is -0.323. The predicted molar refractivity (Wildman–Crippen MR) is 112 cm³/mol. The largest absolute Gasteiger partial charge is 0.496 e. The molecule has 0 aliphatic heterocycles. The molecule has 5 heteroatoms. The molecule has 144 valence electrons. The third-order valence-electron chi connectivity index (χ3n) is 4.75. The Morgan fingerprint density at radius 1 is 1.04 bits per heavy atom. The highest BCUT2D eigenvalue weighted by Crippen LogP contribution is 2.27. The zero-order chi connectivity index (χ0) is 20.1. The highest BCUT2D eigenvalue weighted by Gasteiger charge is 2.09. The van der Waals surface area contributed by atoms with E-state index in [1.165, 1.54) is 0 Å². The maximum absolute atomic E-state index is 12.2. The Balaban J connectivity index is 1.69. The molecule has 0 aliphatic carbocycles. The lowest BCUT2D eigenvalue weighted by Crippen LogP contribution is -2.25. The first-order chi connectivity index (χ1) is 13.5. The number of nitrogens with zero attached hydrogens (tertiary/aromatic N) is 1. The topological polar surface area (TPSA) is 59.9 Å². The van der Waals surface area contributed by atoms with E-state index in [4.69, 9.17) is 9.47 Å². The molecule has 0 heterocycles. The summed E-state index contributed by atoms with van der Waals surface area (Å²) in [7, 11) is 1.61. The molecule has 0 aromatic heterocycles. The van der Waals surface area contributed by atoms with Gasteiger partial charge in [0.2, 0.25) is 0 Å². The van der Waals surface area contributed by atoms with Crippen LogP contribution < -0.4 is 14.9 Å². The molecule has 3 aromatic carbocycles. The van der Waals surface area contributed by atoms with Crippen LogP contribution in [0.25, 0.3) is 10.8 Å². The number of carbonyl (C=O) groups excluding carboxylic acids is 1. The minimum absolute atomic E-state index is 0.102. The third kappa shape index (κ3) is 4.14. The number of hydrazone groups is 1. The zero-order valence-electron chi connectivity index (χ0n) is 16.6. The standard InChI is InChI=1S/C23H24N2O3/c1-15-9-10-16(2)23(17(15)3)28-14-22(26)25-24-13-20-19-8-6-5-7-18(19)11-12-21(20)27-4/h5-13H,14H2,1-4H3,(H,25,26)/b24-13+. The Morgan fingerprint density at radius 3 is 2.57 bits per heavy atom. The molecule has 5 nitrogen and oxygen atoms in total. The number of aryl methyl sites for hydroxylation is 2. The minimum Gasteiger partial charge on any atom is -0.496 e. The van der Waals surface area contributed by atoms with Crippen LogP contribution in [0.1, 0.15) is 22.3 Å². The number of amides is 1. The Bertz CT molecular complexity index is 1040. The second-order valence-corrected chi connectivity index (χ2v) is 6.64. The molecule has 1 amide bonds. The molecule has 0 saturated carbocycles. The number of fused-ring (bicyclic) bond motifs is 1. The maximum atomic E-state index is 12.2. The van der Waals surface area contributed by atoms with E-state index in [0.29, 0.717) is 5.75 Å². The molecule has 0 spiro atoms. The van der Waals surface area contributed by atoms with Crippen LogP contribution in [0, 0.1) is 20.8 Å². The van der Waals surface area contributed by atoms with E-state index < -0.39 is 0 Å². The summed E-state index contributed by atoms with van der Waals surface area (Å²) in [5.41, 5.74) is 6.50. The van der Waals surface area contributed by atoms with Gasteiger partial charge in [0.1, 0.15) is 11.5 Å². The fourth-order valence-electron chi connectivity index (χ4n) is 3.07. The van der Waals surface area contributed by atoms with Gasteiger partial charge < -0.3 is 9.47 Å². The highest BCUT2D eigenvalue weighted by molar-refractivity contribution is 6.02. The molecule has 0 bridgehead atoms. The monoisotopic (exact) mass is 376 g/mol. The van der Waals surface area contributed by atoms with Gasteiger partial charge in [-0.1, -0.05) is 42.5 Å². The van der Waals surface area contributed by atoms with Crippen molar-refractivity contribution in [1.29, 1.82) is 0 Å². The van der Waals surface area contributed by atoms with Crippen molar-refractivity contribution in [2.75, 3.05) is 13.7 Å². The summed E-state index contributed by atoms with van der Waals surface area (Å²) in [5, 5.41) is 6.17. The maximum Gasteiger partial charge on any atom is 0.277 e. The molecule has 28 heavy (non-hydrogen) atoms. The summed E-state index contributed by atoms with van der Waals surface area (Å²) >= 11 is 0. The summed E-state index contributed by atoms with van der Waals surface area (Å²) in [5.74, 6) is 1.12. The average Bonchev–Trinajstić information content (AvgIpc) is 2.71. The number of methoxy groups -OCH3 is 1. The van der Waals surface area contributed by atoms with Crippen LogP contribution in [0.15, 0.2) is 53.6 Å². The van der Waals surface area contributed by atoms with E-state index >= 15 is 0 Å². The molecule has 0 radical (unpaired) electrons. The summed E-state index contributed by atoms with van der Waals surface area (Å²) in [6.45, 7) is 5.86. The Hall–Kier alpha value is -3.34. The number of hydrogen-bond acceptors (Lipinski definition) is 4. The lowest BCUT2D eigenvalue weighted by Gasteiger charge is -2.13. The first kappa shape index (κ1) is 19.4. The fourth-order valence-corrected chi connectivity index (χ4v) is 3.07. The molecule has 0 saturated heterocycles. The van der Waals surface area contributed by atoms with Gasteiger partial charge in [-0.25, -0.2) is 5.43 Å². The van der Waals surface area contributed by atoms with Crippen molar-refractivity contribution < 1.29 is 14.3 Å². The Kier molecular flexibility index (Phi) is 5.94. The second kappa shape index (κ2) is 8.57. The van der Waals surface area contributed by atoms with Crippen LogP contribution >= 0.6 is 0 Å². The number of hydrogen-bond donors (Lipinski definition) is 1. The van der Waals surface area contributed by atoms with Gasteiger partial charge in [-0.15, -0.1) is 0 Å². The zero-order valence-corrected chi connectivity index (χ0v) is 16.6. The summed E-state index contributed by atoms with van der Waals surface area (Å²) in [6.07, 6.45) is 1.60. The number of nitrogens with one attached hydrogen (secondary N) is 1. The van der Waals surface area contributed by atoms with Gasteiger partial charge >= 0.3 is 0 Å². The van der Waals surface area contributed by atoms with Crippen LogP contribution in [0.4, 0.5) is 0 Å². The summed E-state index contributed by atoms with van der Waals surface area (Å²) in [4.78, 5) is 12.2. The van der Waals surface area contributed by atoms with E-state index in [-0.39, 0.29) is 12.5 Å². The van der Waals surface area contributed by atoms with E-state index in [9.17, 15) is 4.79 Å². The van der Waals surface area contributed by atoms with Crippen molar-refractivity contribution in [3.63, 3.8) is 0 Å². The van der Waals surface area contributed by atoms with Gasteiger partial charge in [-0.2, -0.15) is 5.10 Å². The third-order valence-corrected chi connectivity index (χ3v) is 4.75. The van der Waals surface area contributed by atoms with Crippen LogP contribution in [0.2, 0.25) is 0 Å². The van der Waals surface area contributed by atoms with Crippen molar-refractivity contribution in [2.45, 2.75) is 20.8 Å². The molecule has 3 aromatic rings. The molecule has 0 aliphatic rings. The fraction of sp³-hybridized carbons (Fsp3) is 0.217. The van der Waals surface area contributed by atoms with Crippen LogP contribution in [0.5, 0.6) is 11.5 Å². The van der Waals surface area contributed by atoms with Gasteiger partial charge in [0.15, 0.2) is 6.61 Å². The van der Waals surface area contributed by atoms with Gasteiger partial charge in [-0.3, -0.25) is 4.79 Å². The number of benzene rings is 3. The van der Waals surface area contributed by atoms with E-state index in [1.54, 1.807) is 13.3 Å². The summed E-state index contributed by atoms with van der Waals surface area (Å²) < 4.78 is 11.1. The van der Waals surface area contributed by atoms with Gasteiger partial charge in [0.25, 0.3) is 5.91 Å². The number of carbonyl (C=O) groups is 1. The molecule has 3 rings (SSSR count). The quantitative estimate of drug-likeness (QED) is 0.515.